The standard InChI is InChI=1S/C15H15N6O.2C2H6.Y/c1-3-10-16-13(4-2)11-22-19-14(15-17-20-21-18-15)12-8-6-5-7-9-12;2*1-2;/h3-10H,2,11H2,1H3;2*1-2H3;/q-1;;;/b10-3-,16-13?,19-14?;;;. The molecule has 1 aromatic heterocycles. The Morgan fingerprint density at radius 2 is 1.85 bits per heavy atom. The van der Waals surface area contributed by atoms with Gasteiger partial charge in [-0.25, -0.2) is 0 Å². The smallest absolute Gasteiger partial charge is 0.159 e. The Kier molecular flexibility index (Phi) is 19.0. The molecule has 0 N–H and O–H groups in total. The van der Waals surface area contributed by atoms with Crippen LogP contribution in [0.3, 0.4) is 0 Å². The quantitative estimate of drug-likeness (QED) is 0.479. The fourth-order valence-corrected chi connectivity index (χ4v) is 1.54. The molecule has 2 rings (SSSR count). The summed E-state index contributed by atoms with van der Waals surface area (Å²) < 4.78 is 0. The summed E-state index contributed by atoms with van der Waals surface area (Å²) in [7, 11) is 0. The molecule has 0 spiro atoms. The van der Waals surface area contributed by atoms with Crippen LogP contribution < -0.4 is 5.10 Å². The van der Waals surface area contributed by atoms with Crippen molar-refractivity contribution in [2.75, 3.05) is 6.61 Å². The minimum absolute atomic E-state index is 0. The molecule has 143 valence electrons. The number of allylic oxidation sites excluding steroid dienone is 1. The van der Waals surface area contributed by atoms with Crippen molar-refractivity contribution in [1.82, 2.24) is 20.6 Å². The Labute approximate surface area is 187 Å². The third kappa shape index (κ3) is 10.7. The van der Waals surface area contributed by atoms with Crippen LogP contribution in [0.15, 0.2) is 65.4 Å². The number of rotatable bonds is 7. The van der Waals surface area contributed by atoms with Crippen LogP contribution >= 0.6 is 0 Å². The molecule has 0 atom stereocenters. The first-order valence-electron chi connectivity index (χ1n) is 8.60. The maximum Gasteiger partial charge on any atom is 0.159 e. The van der Waals surface area contributed by atoms with Crippen molar-refractivity contribution in [2.45, 2.75) is 34.6 Å². The van der Waals surface area contributed by atoms with Crippen LogP contribution in [-0.2, 0) is 37.5 Å². The molecular weight excluding hydrogens is 417 g/mol. The molecule has 8 heteroatoms. The van der Waals surface area contributed by atoms with Crippen LogP contribution in [0.4, 0.5) is 0 Å². The van der Waals surface area contributed by atoms with Gasteiger partial charge >= 0.3 is 0 Å². The summed E-state index contributed by atoms with van der Waals surface area (Å²) in [6, 6.07) is 9.43. The van der Waals surface area contributed by atoms with Gasteiger partial charge in [0.25, 0.3) is 0 Å². The molecule has 1 heterocycles. The van der Waals surface area contributed by atoms with Crippen molar-refractivity contribution in [1.29, 1.82) is 0 Å². The van der Waals surface area contributed by atoms with E-state index in [-0.39, 0.29) is 39.3 Å². The number of tetrazole rings is 1. The Balaban J connectivity index is 0. The maximum absolute atomic E-state index is 5.34. The van der Waals surface area contributed by atoms with Crippen LogP contribution in [-0.4, -0.2) is 33.6 Å². The number of oxime groups is 1. The molecule has 0 bridgehead atoms. The van der Waals surface area contributed by atoms with E-state index in [0.29, 0.717) is 17.2 Å². The maximum atomic E-state index is 5.34. The van der Waals surface area contributed by atoms with Gasteiger partial charge < -0.3 is 9.94 Å². The minimum Gasteiger partial charge on any atom is -0.389 e. The van der Waals surface area contributed by atoms with E-state index in [4.69, 9.17) is 4.84 Å². The Morgan fingerprint density at radius 3 is 2.37 bits per heavy atom. The van der Waals surface area contributed by atoms with E-state index < -0.39 is 0 Å². The summed E-state index contributed by atoms with van der Waals surface area (Å²) in [5.41, 5.74) is 1.93. The third-order valence-electron chi connectivity index (χ3n) is 2.57. The molecule has 7 nitrogen and oxygen atoms in total. The first kappa shape index (κ1) is 27.2. The molecule has 0 saturated heterocycles. The van der Waals surface area contributed by atoms with Gasteiger partial charge in [-0.3, -0.25) is 15.3 Å². The normalized spacial score (nSPS) is 10.7. The molecule has 0 aliphatic heterocycles. The van der Waals surface area contributed by atoms with Crippen LogP contribution in [0, 0.1) is 0 Å². The monoisotopic (exact) mass is 444 g/mol. The summed E-state index contributed by atoms with van der Waals surface area (Å²) >= 11 is 0. The van der Waals surface area contributed by atoms with Crippen molar-refractivity contribution in [3.05, 3.63) is 66.7 Å². The zero-order chi connectivity index (χ0) is 19.6. The van der Waals surface area contributed by atoms with Gasteiger partial charge in [-0.1, -0.05) is 75.8 Å². The second-order valence-corrected chi connectivity index (χ2v) is 4.09. The number of aromatic nitrogens is 4. The minimum atomic E-state index is 0. The predicted molar refractivity (Wildman–Crippen MR) is 106 cm³/mol. The average Bonchev–Trinajstić information content (AvgIpc) is 3.26. The molecular formula is C19H27N6OY-. The van der Waals surface area contributed by atoms with Crippen molar-refractivity contribution in [3.63, 3.8) is 0 Å². The van der Waals surface area contributed by atoms with Gasteiger partial charge in [0.2, 0.25) is 0 Å². The molecule has 1 radical (unpaired) electrons. The molecule has 2 aromatic rings. The second-order valence-electron chi connectivity index (χ2n) is 4.09. The summed E-state index contributed by atoms with van der Waals surface area (Å²) in [5, 5.41) is 18.7. The van der Waals surface area contributed by atoms with Gasteiger partial charge in [0, 0.05) is 44.5 Å². The summed E-state index contributed by atoms with van der Waals surface area (Å²) in [6.45, 7) is 13.7. The molecule has 0 fully saturated rings. The van der Waals surface area contributed by atoms with Gasteiger partial charge in [0.05, 0.1) is 11.5 Å². The van der Waals surface area contributed by atoms with Gasteiger partial charge in [0.15, 0.2) is 6.61 Å². The number of hydrogen-bond donors (Lipinski definition) is 0. The van der Waals surface area contributed by atoms with Crippen LogP contribution in [0.25, 0.3) is 0 Å². The Morgan fingerprint density at radius 1 is 1.19 bits per heavy atom. The van der Waals surface area contributed by atoms with E-state index in [1.165, 1.54) is 0 Å². The van der Waals surface area contributed by atoms with Gasteiger partial charge in [-0.05, 0) is 13.0 Å². The Hall–Kier alpha value is -1.99. The van der Waals surface area contributed by atoms with Crippen molar-refractivity contribution in [2.24, 2.45) is 10.1 Å². The van der Waals surface area contributed by atoms with Crippen molar-refractivity contribution >= 4 is 11.4 Å². The zero-order valence-corrected chi connectivity index (χ0v) is 19.5. The average molecular weight is 444 g/mol. The first-order valence-corrected chi connectivity index (χ1v) is 8.60. The van der Waals surface area contributed by atoms with E-state index >= 15 is 0 Å². The molecule has 0 unspecified atom stereocenters. The topological polar surface area (TPSA) is 86.7 Å². The summed E-state index contributed by atoms with van der Waals surface area (Å²) in [6.07, 6.45) is 5.09. The largest absolute Gasteiger partial charge is 0.389 e. The first-order chi connectivity index (χ1) is 12.8. The third-order valence-corrected chi connectivity index (χ3v) is 2.57. The van der Waals surface area contributed by atoms with Crippen LogP contribution in [0.2, 0.25) is 0 Å². The SMILES string of the molecule is C=CC(CON=C(c1ccccc1)c1nnn[n-]1)=N/C=C\C.CC.CC.[Y]. The molecule has 27 heavy (non-hydrogen) atoms. The van der Waals surface area contributed by atoms with Crippen LogP contribution in [0.5, 0.6) is 0 Å². The van der Waals surface area contributed by atoms with E-state index in [2.05, 4.69) is 37.4 Å². The van der Waals surface area contributed by atoms with E-state index in [1.807, 2.05) is 71.0 Å². The fraction of sp³-hybridized carbons (Fsp3) is 0.316. The molecule has 1 aromatic carbocycles. The molecule has 0 amide bonds. The molecule has 0 aliphatic carbocycles. The van der Waals surface area contributed by atoms with Crippen molar-refractivity contribution < 1.29 is 37.5 Å². The van der Waals surface area contributed by atoms with Gasteiger partial charge in [-0.15, -0.1) is 0 Å². The predicted octanol–water partition coefficient (Wildman–Crippen LogP) is 3.81. The van der Waals surface area contributed by atoms with Crippen LogP contribution in [0.1, 0.15) is 46.0 Å². The molecule has 0 aliphatic rings. The van der Waals surface area contributed by atoms with E-state index in [9.17, 15) is 0 Å². The number of aliphatic imine (C=N–C) groups is 1. The number of benzene rings is 1. The second kappa shape index (κ2) is 18.8. The van der Waals surface area contributed by atoms with Gasteiger partial charge in [0.1, 0.15) is 5.71 Å². The van der Waals surface area contributed by atoms with E-state index in [0.717, 1.165) is 5.56 Å². The molecule has 0 saturated carbocycles. The summed E-state index contributed by atoms with van der Waals surface area (Å²) in [4.78, 5) is 9.50. The number of nitrogens with zero attached hydrogens (tertiary/aromatic N) is 6. The number of hydrogen-bond acceptors (Lipinski definition) is 6. The fourth-order valence-electron chi connectivity index (χ4n) is 1.54. The Bertz CT molecular complexity index is 681. The summed E-state index contributed by atoms with van der Waals surface area (Å²) in [5.74, 6) is 0.303. The van der Waals surface area contributed by atoms with Gasteiger partial charge in [-0.2, -0.15) is 5.21 Å². The van der Waals surface area contributed by atoms with Crippen molar-refractivity contribution in [3.8, 4) is 0 Å². The van der Waals surface area contributed by atoms with E-state index in [1.54, 1.807) is 12.3 Å². The zero-order valence-electron chi connectivity index (χ0n) is 16.7.